The van der Waals surface area contributed by atoms with Crippen LogP contribution in [0, 0.1) is 5.82 Å². The molecule has 0 radical (unpaired) electrons. The third-order valence-corrected chi connectivity index (χ3v) is 7.07. The van der Waals surface area contributed by atoms with Gasteiger partial charge in [-0.05, 0) is 38.5 Å². The first-order chi connectivity index (χ1) is 16.4. The maximum atomic E-state index is 13.3. The Bertz CT molecular complexity index is 1370. The quantitative estimate of drug-likeness (QED) is 0.578. The first-order valence-corrected chi connectivity index (χ1v) is 11.8. The zero-order valence-electron chi connectivity index (χ0n) is 20.1. The third-order valence-electron chi connectivity index (χ3n) is 6.11. The van der Waals surface area contributed by atoms with Crippen molar-refractivity contribution in [2.75, 3.05) is 20.6 Å². The summed E-state index contributed by atoms with van der Waals surface area (Å²) in [5.74, 6) is -1.89. The van der Waals surface area contributed by atoms with E-state index in [2.05, 4.69) is 10.2 Å². The zero-order chi connectivity index (χ0) is 25.7. The third kappa shape index (κ3) is 4.20. The second-order valence-electron chi connectivity index (χ2n) is 9.24. The van der Waals surface area contributed by atoms with Crippen molar-refractivity contribution in [1.82, 2.24) is 24.6 Å². The molecule has 184 valence electrons. The second kappa shape index (κ2) is 8.88. The summed E-state index contributed by atoms with van der Waals surface area (Å²) in [5, 5.41) is 20.0. The maximum Gasteiger partial charge on any atom is 0.274 e. The molecule has 4 rings (SSSR count). The van der Waals surface area contributed by atoms with Crippen LogP contribution in [-0.4, -0.2) is 68.2 Å². The molecule has 35 heavy (non-hydrogen) atoms. The number of fused-ring (bicyclic) bond motifs is 1. The minimum atomic E-state index is -1.27. The van der Waals surface area contributed by atoms with Crippen LogP contribution in [0.4, 0.5) is 4.39 Å². The molecule has 2 amide bonds. The zero-order valence-corrected chi connectivity index (χ0v) is 20.9. The van der Waals surface area contributed by atoms with Crippen LogP contribution in [0.5, 0.6) is 5.75 Å². The number of hydrogen-bond acceptors (Lipinski definition) is 7. The molecule has 1 atom stereocenters. The van der Waals surface area contributed by atoms with E-state index in [4.69, 9.17) is 0 Å². The molecule has 0 fully saturated rings. The molecule has 9 nitrogen and oxygen atoms in total. The summed E-state index contributed by atoms with van der Waals surface area (Å²) in [6.07, 6.45) is 1.80. The van der Waals surface area contributed by atoms with Gasteiger partial charge in [0.25, 0.3) is 5.91 Å². The maximum absolute atomic E-state index is 13.3. The molecule has 11 heteroatoms. The van der Waals surface area contributed by atoms with Crippen LogP contribution >= 0.6 is 11.3 Å². The lowest BCUT2D eigenvalue weighted by Gasteiger charge is -2.45. The number of rotatable bonds is 5. The van der Waals surface area contributed by atoms with Crippen molar-refractivity contribution in [2.24, 2.45) is 0 Å². The summed E-state index contributed by atoms with van der Waals surface area (Å²) in [6.45, 7) is 5.36. The summed E-state index contributed by atoms with van der Waals surface area (Å²) < 4.78 is 14.6. The number of hydrogen-bond donors (Lipinski definition) is 1. The number of pyridine rings is 1. The molecule has 1 aromatic carbocycles. The lowest BCUT2D eigenvalue weighted by Crippen LogP contribution is -2.60. The van der Waals surface area contributed by atoms with Gasteiger partial charge in [0.05, 0.1) is 12.1 Å². The molecular formula is C24H26FN5O4S. The molecule has 1 aliphatic heterocycles. The molecule has 1 N–H and O–H groups in total. The molecule has 3 aromatic rings. The topological polar surface area (TPSA) is 109 Å². The summed E-state index contributed by atoms with van der Waals surface area (Å²) in [7, 11) is 3.22. The number of aromatic nitrogens is 3. The van der Waals surface area contributed by atoms with Gasteiger partial charge in [0.1, 0.15) is 16.4 Å². The summed E-state index contributed by atoms with van der Waals surface area (Å²) >= 11 is 1.15. The van der Waals surface area contributed by atoms with E-state index >= 15 is 0 Å². The highest BCUT2D eigenvalue weighted by atomic mass is 32.1. The van der Waals surface area contributed by atoms with Gasteiger partial charge in [-0.3, -0.25) is 14.4 Å². The van der Waals surface area contributed by atoms with Gasteiger partial charge in [-0.1, -0.05) is 23.5 Å². The van der Waals surface area contributed by atoms with Gasteiger partial charge in [-0.25, -0.2) is 4.39 Å². The Hall–Kier alpha value is -3.60. The Kier molecular flexibility index (Phi) is 6.22. The van der Waals surface area contributed by atoms with Crippen molar-refractivity contribution in [1.29, 1.82) is 0 Å². The molecule has 0 unspecified atom stereocenters. The minimum Gasteiger partial charge on any atom is -0.503 e. The van der Waals surface area contributed by atoms with Crippen molar-refractivity contribution in [2.45, 2.75) is 38.8 Å². The number of carbonyl (C=O) groups excluding carboxylic acids is 2. The second-order valence-corrected chi connectivity index (χ2v) is 10.3. The number of carbonyl (C=O) groups is 2. The molecule has 0 aliphatic carbocycles. The standard InChI is InChI=1S/C24H26FN5O4S/c1-13(2)29-12-24(3,23(34)28(4)5)30-11-16(19(31)20(32)18(30)22(29)33)21-27-26-17(35-21)10-14-6-8-15(25)9-7-14/h6-9,11,13,32H,10,12H2,1-5H3/t24-/m1/s1. The summed E-state index contributed by atoms with van der Waals surface area (Å²) in [5.41, 5.74) is -1.40. The van der Waals surface area contributed by atoms with Crippen LogP contribution in [-0.2, 0) is 16.8 Å². The number of nitrogens with zero attached hydrogens (tertiary/aromatic N) is 5. The highest BCUT2D eigenvalue weighted by molar-refractivity contribution is 7.14. The Balaban J connectivity index is 1.84. The monoisotopic (exact) mass is 499 g/mol. The molecule has 0 saturated carbocycles. The van der Waals surface area contributed by atoms with E-state index in [1.165, 1.54) is 32.7 Å². The van der Waals surface area contributed by atoms with Crippen molar-refractivity contribution in [3.63, 3.8) is 0 Å². The van der Waals surface area contributed by atoms with E-state index in [0.717, 1.165) is 16.9 Å². The average molecular weight is 500 g/mol. The lowest BCUT2D eigenvalue weighted by molar-refractivity contribution is -0.139. The van der Waals surface area contributed by atoms with Gasteiger partial charge >= 0.3 is 0 Å². The number of benzene rings is 1. The van der Waals surface area contributed by atoms with Crippen LogP contribution in [0.15, 0.2) is 35.3 Å². The molecule has 3 heterocycles. The van der Waals surface area contributed by atoms with Gasteiger partial charge in [0.15, 0.2) is 16.5 Å². The Labute approximate surface area is 205 Å². The number of halogens is 1. The van der Waals surface area contributed by atoms with E-state index in [0.29, 0.717) is 11.4 Å². The van der Waals surface area contributed by atoms with Crippen LogP contribution in [0.1, 0.15) is 41.8 Å². The molecule has 0 saturated heterocycles. The van der Waals surface area contributed by atoms with E-state index in [1.54, 1.807) is 33.2 Å². The van der Waals surface area contributed by atoms with Crippen LogP contribution < -0.4 is 5.43 Å². The van der Waals surface area contributed by atoms with Crippen LogP contribution in [0.2, 0.25) is 0 Å². The SMILES string of the molecule is CC(C)N1C[C@](C)(C(=O)N(C)C)n2cc(-c3nnc(Cc4ccc(F)cc4)s3)c(=O)c(O)c2C1=O. The Morgan fingerprint density at radius 3 is 2.49 bits per heavy atom. The first kappa shape index (κ1) is 24.5. The normalized spacial score (nSPS) is 17.6. The van der Waals surface area contributed by atoms with Crippen molar-refractivity contribution in [3.8, 4) is 16.3 Å². The van der Waals surface area contributed by atoms with E-state index in [-0.39, 0.29) is 40.6 Å². The van der Waals surface area contributed by atoms with E-state index in [1.807, 2.05) is 13.8 Å². The predicted molar refractivity (Wildman–Crippen MR) is 129 cm³/mol. The fraction of sp³-hybridized carbons (Fsp3) is 0.375. The minimum absolute atomic E-state index is 0.0395. The van der Waals surface area contributed by atoms with E-state index in [9.17, 15) is 23.9 Å². The first-order valence-electron chi connectivity index (χ1n) is 11.0. The van der Waals surface area contributed by atoms with Crippen molar-refractivity contribution >= 4 is 23.2 Å². The van der Waals surface area contributed by atoms with Crippen LogP contribution in [0.3, 0.4) is 0 Å². The fourth-order valence-electron chi connectivity index (χ4n) is 4.24. The van der Waals surface area contributed by atoms with Gasteiger partial charge in [0.2, 0.25) is 11.3 Å². The highest BCUT2D eigenvalue weighted by Gasteiger charge is 2.47. The summed E-state index contributed by atoms with van der Waals surface area (Å²) in [6, 6.07) is 5.73. The average Bonchev–Trinajstić information content (AvgIpc) is 3.26. The van der Waals surface area contributed by atoms with Crippen LogP contribution in [0.25, 0.3) is 10.6 Å². The highest BCUT2D eigenvalue weighted by Crippen LogP contribution is 2.35. The molecule has 0 spiro atoms. The number of likely N-dealkylation sites (N-methyl/N-ethyl adjacent to an activating group) is 1. The largest absolute Gasteiger partial charge is 0.503 e. The molecule has 1 aliphatic rings. The molecular weight excluding hydrogens is 473 g/mol. The predicted octanol–water partition coefficient (Wildman–Crippen LogP) is 2.47. The molecule has 2 aromatic heterocycles. The molecule has 0 bridgehead atoms. The van der Waals surface area contributed by atoms with E-state index < -0.39 is 22.6 Å². The lowest BCUT2D eigenvalue weighted by atomic mass is 9.93. The number of amides is 2. The van der Waals surface area contributed by atoms with Gasteiger partial charge in [0, 0.05) is 32.8 Å². The van der Waals surface area contributed by atoms with Crippen molar-refractivity contribution in [3.05, 3.63) is 62.8 Å². The number of aromatic hydroxyl groups is 1. The fourth-order valence-corrected chi connectivity index (χ4v) is 5.12. The smallest absolute Gasteiger partial charge is 0.274 e. The van der Waals surface area contributed by atoms with Crippen molar-refractivity contribution < 1.29 is 19.1 Å². The van der Waals surface area contributed by atoms with Gasteiger partial charge in [-0.2, -0.15) is 0 Å². The summed E-state index contributed by atoms with van der Waals surface area (Å²) in [4.78, 5) is 42.5. The van der Waals surface area contributed by atoms with Gasteiger partial charge in [-0.15, -0.1) is 10.2 Å². The Morgan fingerprint density at radius 1 is 1.23 bits per heavy atom. The van der Waals surface area contributed by atoms with Gasteiger partial charge < -0.3 is 19.5 Å². The Morgan fingerprint density at radius 2 is 1.89 bits per heavy atom.